The highest BCUT2D eigenvalue weighted by molar-refractivity contribution is 7.92. The molecular formula is C21H24ClN3O6S. The fourth-order valence-corrected chi connectivity index (χ4v) is 4.31. The fourth-order valence-electron chi connectivity index (χ4n) is 3.19. The molecule has 0 aliphatic carbocycles. The van der Waals surface area contributed by atoms with Gasteiger partial charge >= 0.3 is 0 Å². The molecule has 11 heteroatoms. The van der Waals surface area contributed by atoms with Gasteiger partial charge in [-0.1, -0.05) is 11.6 Å². The predicted octanol–water partition coefficient (Wildman–Crippen LogP) is 2.23. The quantitative estimate of drug-likeness (QED) is 0.650. The van der Waals surface area contributed by atoms with Gasteiger partial charge in [0.2, 0.25) is 15.9 Å². The Morgan fingerprint density at radius 3 is 2.38 bits per heavy atom. The number of nitrogens with zero attached hydrogens (tertiary/aromatic N) is 2. The number of morpholine rings is 1. The van der Waals surface area contributed by atoms with E-state index in [9.17, 15) is 18.0 Å². The van der Waals surface area contributed by atoms with Crippen molar-refractivity contribution < 1.29 is 27.5 Å². The van der Waals surface area contributed by atoms with Gasteiger partial charge in [0.05, 0.1) is 37.3 Å². The molecule has 2 aromatic carbocycles. The summed E-state index contributed by atoms with van der Waals surface area (Å²) in [4.78, 5) is 26.8. The molecular weight excluding hydrogens is 458 g/mol. The first-order valence-corrected chi connectivity index (χ1v) is 12.0. The first-order valence-electron chi connectivity index (χ1n) is 9.77. The monoisotopic (exact) mass is 481 g/mol. The van der Waals surface area contributed by atoms with Gasteiger partial charge in [-0.05, 0) is 42.5 Å². The van der Waals surface area contributed by atoms with E-state index in [1.54, 1.807) is 29.2 Å². The second-order valence-corrected chi connectivity index (χ2v) is 9.43. The van der Waals surface area contributed by atoms with E-state index in [0.29, 0.717) is 48.3 Å². The predicted molar refractivity (Wildman–Crippen MR) is 122 cm³/mol. The Kier molecular flexibility index (Phi) is 7.60. The van der Waals surface area contributed by atoms with Gasteiger partial charge in [0.25, 0.3) is 5.91 Å². The zero-order valence-electron chi connectivity index (χ0n) is 17.7. The van der Waals surface area contributed by atoms with Crippen LogP contribution in [0.15, 0.2) is 42.5 Å². The Labute approximate surface area is 191 Å². The van der Waals surface area contributed by atoms with Crippen LogP contribution in [0, 0.1) is 0 Å². The second-order valence-electron chi connectivity index (χ2n) is 7.12. The second kappa shape index (κ2) is 10.2. The number of anilines is 2. The van der Waals surface area contributed by atoms with E-state index in [-0.39, 0.29) is 11.6 Å². The van der Waals surface area contributed by atoms with E-state index >= 15 is 0 Å². The SMILES string of the molecule is COc1ccc(NC(=O)CN(c2ccc(C(=O)N3CCOCC3)cc2)S(C)(=O)=O)cc1Cl. The lowest BCUT2D eigenvalue weighted by molar-refractivity contribution is -0.114. The maximum Gasteiger partial charge on any atom is 0.254 e. The van der Waals surface area contributed by atoms with Crippen molar-refractivity contribution in [1.82, 2.24) is 4.90 Å². The first-order chi connectivity index (χ1) is 15.2. The molecule has 0 radical (unpaired) electrons. The van der Waals surface area contributed by atoms with Gasteiger partial charge in [-0.3, -0.25) is 13.9 Å². The number of ether oxygens (including phenoxy) is 2. The van der Waals surface area contributed by atoms with Crippen molar-refractivity contribution in [3.8, 4) is 5.75 Å². The van der Waals surface area contributed by atoms with Crippen molar-refractivity contribution in [3.63, 3.8) is 0 Å². The van der Waals surface area contributed by atoms with Gasteiger partial charge in [0.15, 0.2) is 0 Å². The van der Waals surface area contributed by atoms with Crippen LogP contribution >= 0.6 is 11.6 Å². The number of carbonyl (C=O) groups excluding carboxylic acids is 2. The molecule has 1 saturated heterocycles. The van der Waals surface area contributed by atoms with Gasteiger partial charge in [-0.25, -0.2) is 8.42 Å². The standard InChI is InChI=1S/C21H24ClN3O6S/c1-30-19-8-5-16(13-18(19)22)23-20(26)14-25(32(2,28)29)17-6-3-15(4-7-17)21(27)24-9-11-31-12-10-24/h3-8,13H,9-12,14H2,1-2H3,(H,23,26). The Hall–Kier alpha value is -2.82. The topological polar surface area (TPSA) is 105 Å². The Balaban J connectivity index is 1.73. The smallest absolute Gasteiger partial charge is 0.254 e. The van der Waals surface area contributed by atoms with Crippen LogP contribution < -0.4 is 14.4 Å². The maximum absolute atomic E-state index is 12.6. The molecule has 0 aromatic heterocycles. The van der Waals surface area contributed by atoms with Crippen LogP contribution in [-0.2, 0) is 19.6 Å². The molecule has 0 spiro atoms. The summed E-state index contributed by atoms with van der Waals surface area (Å²) >= 11 is 6.06. The largest absolute Gasteiger partial charge is 0.495 e. The molecule has 0 unspecified atom stereocenters. The number of amides is 2. The molecule has 0 bridgehead atoms. The molecule has 32 heavy (non-hydrogen) atoms. The van der Waals surface area contributed by atoms with Crippen molar-refractivity contribution in [2.45, 2.75) is 0 Å². The fraction of sp³-hybridized carbons (Fsp3) is 0.333. The van der Waals surface area contributed by atoms with E-state index < -0.39 is 22.5 Å². The van der Waals surface area contributed by atoms with Crippen LogP contribution in [0.1, 0.15) is 10.4 Å². The number of benzene rings is 2. The normalized spacial score (nSPS) is 14.0. The highest BCUT2D eigenvalue weighted by atomic mass is 35.5. The molecule has 1 fully saturated rings. The molecule has 3 rings (SSSR count). The summed E-state index contributed by atoms with van der Waals surface area (Å²) in [5.41, 5.74) is 1.11. The lowest BCUT2D eigenvalue weighted by Crippen LogP contribution is -2.40. The number of halogens is 1. The Bertz CT molecular complexity index is 1090. The van der Waals surface area contributed by atoms with Crippen molar-refractivity contribution in [2.24, 2.45) is 0 Å². The van der Waals surface area contributed by atoms with Crippen LogP contribution in [0.3, 0.4) is 0 Å². The lowest BCUT2D eigenvalue weighted by Gasteiger charge is -2.27. The molecule has 9 nitrogen and oxygen atoms in total. The molecule has 1 N–H and O–H groups in total. The minimum atomic E-state index is -3.76. The van der Waals surface area contributed by atoms with Gasteiger partial charge < -0.3 is 19.7 Å². The van der Waals surface area contributed by atoms with Crippen LogP contribution in [0.4, 0.5) is 11.4 Å². The van der Waals surface area contributed by atoms with Crippen LogP contribution in [0.25, 0.3) is 0 Å². The number of rotatable bonds is 7. The Morgan fingerprint density at radius 2 is 1.81 bits per heavy atom. The molecule has 0 saturated carbocycles. The molecule has 1 aliphatic rings. The molecule has 2 amide bonds. The van der Waals surface area contributed by atoms with E-state index in [4.69, 9.17) is 21.1 Å². The van der Waals surface area contributed by atoms with E-state index in [1.165, 1.54) is 25.3 Å². The summed E-state index contributed by atoms with van der Waals surface area (Å²) in [5.74, 6) is -0.251. The van der Waals surface area contributed by atoms with E-state index in [0.717, 1.165) is 10.6 Å². The van der Waals surface area contributed by atoms with Crippen LogP contribution in [0.5, 0.6) is 5.75 Å². The van der Waals surface area contributed by atoms with Gasteiger partial charge in [0, 0.05) is 24.3 Å². The number of carbonyl (C=O) groups is 2. The van der Waals surface area contributed by atoms with Crippen molar-refractivity contribution >= 4 is 44.8 Å². The summed E-state index contributed by atoms with van der Waals surface area (Å²) in [6.45, 7) is 1.54. The number of nitrogens with one attached hydrogen (secondary N) is 1. The van der Waals surface area contributed by atoms with Crippen molar-refractivity contribution in [2.75, 3.05) is 55.8 Å². The van der Waals surface area contributed by atoms with E-state index in [2.05, 4.69) is 5.32 Å². The average Bonchev–Trinajstić information content (AvgIpc) is 2.77. The summed E-state index contributed by atoms with van der Waals surface area (Å²) < 4.78 is 36.0. The van der Waals surface area contributed by atoms with Crippen molar-refractivity contribution in [1.29, 1.82) is 0 Å². The third kappa shape index (κ3) is 5.90. The summed E-state index contributed by atoms with van der Waals surface area (Å²) in [6.07, 6.45) is 1.01. The number of sulfonamides is 1. The van der Waals surface area contributed by atoms with Gasteiger partial charge in [-0.15, -0.1) is 0 Å². The third-order valence-electron chi connectivity index (χ3n) is 4.82. The number of hydrogen-bond acceptors (Lipinski definition) is 6. The molecule has 0 atom stereocenters. The number of methoxy groups -OCH3 is 1. The van der Waals surface area contributed by atoms with Crippen LogP contribution in [0.2, 0.25) is 5.02 Å². The van der Waals surface area contributed by atoms with Crippen LogP contribution in [-0.4, -0.2) is 71.3 Å². The first kappa shape index (κ1) is 23.8. The molecule has 1 aliphatic heterocycles. The zero-order valence-corrected chi connectivity index (χ0v) is 19.3. The minimum Gasteiger partial charge on any atom is -0.495 e. The Morgan fingerprint density at radius 1 is 1.16 bits per heavy atom. The summed E-state index contributed by atoms with van der Waals surface area (Å²) in [7, 11) is -2.29. The molecule has 172 valence electrons. The summed E-state index contributed by atoms with van der Waals surface area (Å²) in [5, 5.41) is 2.93. The third-order valence-corrected chi connectivity index (χ3v) is 6.26. The number of hydrogen-bond donors (Lipinski definition) is 1. The summed E-state index contributed by atoms with van der Waals surface area (Å²) in [6, 6.07) is 10.8. The van der Waals surface area contributed by atoms with Gasteiger partial charge in [0.1, 0.15) is 12.3 Å². The van der Waals surface area contributed by atoms with Crippen molar-refractivity contribution in [3.05, 3.63) is 53.1 Å². The highest BCUT2D eigenvalue weighted by Gasteiger charge is 2.23. The minimum absolute atomic E-state index is 0.153. The zero-order chi connectivity index (χ0) is 23.3. The highest BCUT2D eigenvalue weighted by Crippen LogP contribution is 2.27. The average molecular weight is 482 g/mol. The molecule has 1 heterocycles. The van der Waals surface area contributed by atoms with Gasteiger partial charge in [-0.2, -0.15) is 0 Å². The van der Waals surface area contributed by atoms with E-state index in [1.807, 2.05) is 0 Å². The maximum atomic E-state index is 12.6. The lowest BCUT2D eigenvalue weighted by atomic mass is 10.1. The molecule has 2 aromatic rings.